The van der Waals surface area contributed by atoms with Gasteiger partial charge < -0.3 is 14.6 Å². The van der Waals surface area contributed by atoms with Gasteiger partial charge in [-0.1, -0.05) is 18.2 Å². The summed E-state index contributed by atoms with van der Waals surface area (Å²) in [6.45, 7) is 1.73. The van der Waals surface area contributed by atoms with E-state index in [2.05, 4.69) is 0 Å². The first-order valence-corrected chi connectivity index (χ1v) is 6.78. The zero-order valence-electron chi connectivity index (χ0n) is 11.9. The van der Waals surface area contributed by atoms with Gasteiger partial charge in [0.25, 0.3) is 0 Å². The Morgan fingerprint density at radius 1 is 1.00 bits per heavy atom. The summed E-state index contributed by atoms with van der Waals surface area (Å²) in [6.07, 6.45) is 3.27. The topological polar surface area (TPSA) is 70.7 Å². The number of fused-ring (bicyclic) bond motifs is 1. The highest BCUT2D eigenvalue weighted by molar-refractivity contribution is 5.81. The van der Waals surface area contributed by atoms with Crippen molar-refractivity contribution in [3.63, 3.8) is 0 Å². The number of aryl methyl sites for hydroxylation is 1. The van der Waals surface area contributed by atoms with Gasteiger partial charge in [-0.15, -0.1) is 0 Å². The van der Waals surface area contributed by atoms with Gasteiger partial charge in [-0.3, -0.25) is 4.79 Å². The van der Waals surface area contributed by atoms with Gasteiger partial charge in [0.2, 0.25) is 0 Å². The minimum atomic E-state index is -0.111. The largest absolute Gasteiger partial charge is 0.508 e. The molecule has 0 unspecified atom stereocenters. The minimum Gasteiger partial charge on any atom is -0.508 e. The van der Waals surface area contributed by atoms with E-state index in [0.717, 1.165) is 0 Å². The Morgan fingerprint density at radius 2 is 1.68 bits per heavy atom. The zero-order chi connectivity index (χ0) is 15.7. The van der Waals surface area contributed by atoms with Crippen molar-refractivity contribution in [3.05, 3.63) is 69.6 Å². The van der Waals surface area contributed by atoms with Gasteiger partial charge in [0.15, 0.2) is 5.43 Å². The average Bonchev–Trinajstić information content (AvgIpc) is 2.46. The van der Waals surface area contributed by atoms with Crippen LogP contribution in [0.15, 0.2) is 51.7 Å². The van der Waals surface area contributed by atoms with Crippen molar-refractivity contribution in [2.45, 2.75) is 6.92 Å². The molecule has 110 valence electrons. The molecule has 4 heteroatoms. The number of hydrogen-bond donors (Lipinski definition) is 2. The van der Waals surface area contributed by atoms with Gasteiger partial charge >= 0.3 is 0 Å². The summed E-state index contributed by atoms with van der Waals surface area (Å²) in [5.41, 5.74) is 1.48. The Labute approximate surface area is 126 Å². The molecule has 1 aromatic heterocycles. The van der Waals surface area contributed by atoms with Crippen LogP contribution in [0.1, 0.15) is 16.9 Å². The number of aromatic hydroxyl groups is 2. The Morgan fingerprint density at radius 3 is 2.41 bits per heavy atom. The second kappa shape index (κ2) is 5.41. The van der Waals surface area contributed by atoms with E-state index in [0.29, 0.717) is 27.9 Å². The SMILES string of the molecule is Cc1oc2ccccc2c(=O)c1C=Cc1cc(O)cc(O)c1. The number of para-hydroxylation sites is 1. The normalized spacial score (nSPS) is 11.3. The molecule has 0 spiro atoms. The van der Waals surface area contributed by atoms with E-state index in [9.17, 15) is 15.0 Å². The predicted octanol–water partition coefficient (Wildman–Crippen LogP) is 3.68. The molecule has 2 N–H and O–H groups in total. The van der Waals surface area contributed by atoms with Crippen LogP contribution in [-0.2, 0) is 0 Å². The maximum atomic E-state index is 12.5. The monoisotopic (exact) mass is 294 g/mol. The van der Waals surface area contributed by atoms with Crippen molar-refractivity contribution in [1.29, 1.82) is 0 Å². The lowest BCUT2D eigenvalue weighted by Gasteiger charge is -2.03. The van der Waals surface area contributed by atoms with E-state index in [1.54, 1.807) is 37.3 Å². The van der Waals surface area contributed by atoms with Crippen molar-refractivity contribution in [1.82, 2.24) is 0 Å². The highest BCUT2D eigenvalue weighted by Crippen LogP contribution is 2.22. The van der Waals surface area contributed by atoms with Crippen LogP contribution in [0, 0.1) is 6.92 Å². The van der Waals surface area contributed by atoms with Gasteiger partial charge in [-0.25, -0.2) is 0 Å². The molecule has 0 radical (unpaired) electrons. The fraction of sp³-hybridized carbons (Fsp3) is 0.0556. The number of benzene rings is 2. The van der Waals surface area contributed by atoms with Crippen LogP contribution in [0.5, 0.6) is 11.5 Å². The summed E-state index contributed by atoms with van der Waals surface area (Å²) in [5, 5.41) is 19.5. The molecule has 0 amide bonds. The van der Waals surface area contributed by atoms with E-state index >= 15 is 0 Å². The fourth-order valence-electron chi connectivity index (χ4n) is 2.35. The van der Waals surface area contributed by atoms with Gasteiger partial charge in [0, 0.05) is 6.07 Å². The fourth-order valence-corrected chi connectivity index (χ4v) is 2.35. The first-order valence-electron chi connectivity index (χ1n) is 6.78. The maximum absolute atomic E-state index is 12.5. The second-order valence-corrected chi connectivity index (χ2v) is 5.01. The van der Waals surface area contributed by atoms with Crippen molar-refractivity contribution in [2.24, 2.45) is 0 Å². The van der Waals surface area contributed by atoms with Gasteiger partial charge in [0.1, 0.15) is 22.8 Å². The standard InChI is InChI=1S/C18H14O4/c1-11-15(7-6-12-8-13(19)10-14(20)9-12)18(21)16-4-2-3-5-17(16)22-11/h2-10,19-20H,1H3. The Bertz CT molecular complexity index is 915. The lowest BCUT2D eigenvalue weighted by molar-refractivity contribution is 0.450. The zero-order valence-corrected chi connectivity index (χ0v) is 11.9. The van der Waals surface area contributed by atoms with Gasteiger partial charge in [-0.2, -0.15) is 0 Å². The van der Waals surface area contributed by atoms with E-state index in [-0.39, 0.29) is 16.9 Å². The van der Waals surface area contributed by atoms with Crippen LogP contribution in [0.2, 0.25) is 0 Å². The van der Waals surface area contributed by atoms with Gasteiger partial charge in [0.05, 0.1) is 10.9 Å². The van der Waals surface area contributed by atoms with Crippen LogP contribution in [0.3, 0.4) is 0 Å². The predicted molar refractivity (Wildman–Crippen MR) is 85.9 cm³/mol. The number of hydrogen-bond acceptors (Lipinski definition) is 4. The molecule has 2 aromatic carbocycles. The molecule has 3 aromatic rings. The molecule has 0 aliphatic heterocycles. The third-order valence-corrected chi connectivity index (χ3v) is 3.39. The summed E-state index contributed by atoms with van der Waals surface area (Å²) >= 11 is 0. The molecule has 0 atom stereocenters. The summed E-state index contributed by atoms with van der Waals surface area (Å²) in [7, 11) is 0. The summed E-state index contributed by atoms with van der Waals surface area (Å²) < 4.78 is 5.66. The third kappa shape index (κ3) is 2.59. The van der Waals surface area contributed by atoms with Crippen LogP contribution in [0.25, 0.3) is 23.1 Å². The molecule has 3 rings (SSSR count). The molecule has 0 aliphatic carbocycles. The molecule has 0 aliphatic rings. The van der Waals surface area contributed by atoms with E-state index < -0.39 is 0 Å². The van der Waals surface area contributed by atoms with Gasteiger partial charge in [-0.05, 0) is 42.8 Å². The number of rotatable bonds is 2. The van der Waals surface area contributed by atoms with Crippen molar-refractivity contribution in [3.8, 4) is 11.5 Å². The van der Waals surface area contributed by atoms with Crippen LogP contribution in [-0.4, -0.2) is 10.2 Å². The summed E-state index contributed by atoms with van der Waals surface area (Å²) in [6, 6.07) is 11.3. The van der Waals surface area contributed by atoms with Crippen LogP contribution in [0.4, 0.5) is 0 Å². The molecule has 0 fully saturated rings. The van der Waals surface area contributed by atoms with Crippen LogP contribution < -0.4 is 5.43 Å². The van der Waals surface area contributed by atoms with E-state index in [1.807, 2.05) is 6.07 Å². The van der Waals surface area contributed by atoms with Crippen molar-refractivity contribution in [2.75, 3.05) is 0 Å². The molecule has 0 saturated heterocycles. The highest BCUT2D eigenvalue weighted by Gasteiger charge is 2.08. The molecule has 0 bridgehead atoms. The van der Waals surface area contributed by atoms with E-state index in [4.69, 9.17) is 4.42 Å². The Balaban J connectivity index is 2.10. The summed E-state index contributed by atoms with van der Waals surface area (Å²) in [4.78, 5) is 12.5. The van der Waals surface area contributed by atoms with Crippen LogP contribution >= 0.6 is 0 Å². The molecular weight excluding hydrogens is 280 g/mol. The lowest BCUT2D eigenvalue weighted by Crippen LogP contribution is -2.07. The lowest BCUT2D eigenvalue weighted by atomic mass is 10.1. The Kier molecular flexibility index (Phi) is 3.43. The smallest absolute Gasteiger partial charge is 0.200 e. The van der Waals surface area contributed by atoms with Crippen molar-refractivity contribution >= 4 is 23.1 Å². The van der Waals surface area contributed by atoms with Crippen molar-refractivity contribution < 1.29 is 14.6 Å². The summed E-state index contributed by atoms with van der Waals surface area (Å²) in [5.74, 6) is 0.438. The van der Waals surface area contributed by atoms with E-state index in [1.165, 1.54) is 18.2 Å². The Hall–Kier alpha value is -3.01. The minimum absolute atomic E-state index is 0.0399. The molecule has 22 heavy (non-hydrogen) atoms. The number of phenols is 2. The molecule has 1 heterocycles. The second-order valence-electron chi connectivity index (χ2n) is 5.01. The first kappa shape index (κ1) is 13.9. The molecule has 4 nitrogen and oxygen atoms in total. The molecular formula is C18H14O4. The quantitative estimate of drug-likeness (QED) is 0.756. The maximum Gasteiger partial charge on any atom is 0.200 e. The highest BCUT2D eigenvalue weighted by atomic mass is 16.3. The number of phenolic OH excluding ortho intramolecular Hbond substituents is 2. The molecule has 0 saturated carbocycles. The third-order valence-electron chi connectivity index (χ3n) is 3.39. The average molecular weight is 294 g/mol. The first-order chi connectivity index (χ1) is 10.5.